The summed E-state index contributed by atoms with van der Waals surface area (Å²) in [6, 6.07) is 0. The van der Waals surface area contributed by atoms with Gasteiger partial charge in [-0.05, 0) is 13.8 Å². The van der Waals surface area contributed by atoms with Gasteiger partial charge in [0.15, 0.2) is 6.10 Å². The number of nitrogens with one attached hydrogen (secondary N) is 1. The van der Waals surface area contributed by atoms with Gasteiger partial charge in [-0.1, -0.05) is 0 Å². The second-order valence-electron chi connectivity index (χ2n) is 4.74. The van der Waals surface area contributed by atoms with Crippen LogP contribution >= 0.6 is 0 Å². The smallest absolute Gasteiger partial charge is 0.255 e. The van der Waals surface area contributed by atoms with Gasteiger partial charge < -0.3 is 19.7 Å². The summed E-state index contributed by atoms with van der Waals surface area (Å²) in [5.41, 5.74) is -0.823. The van der Waals surface area contributed by atoms with Crippen molar-refractivity contribution in [3.63, 3.8) is 0 Å². The molecule has 2 amide bonds. The number of carbonyl (C=O) groups is 2. The lowest BCUT2D eigenvalue weighted by atomic mass is 9.98. The van der Waals surface area contributed by atoms with Gasteiger partial charge in [0.25, 0.3) is 5.91 Å². The highest BCUT2D eigenvalue weighted by Gasteiger charge is 2.43. The second-order valence-corrected chi connectivity index (χ2v) is 4.74. The number of rotatable bonds is 1. The molecule has 2 saturated heterocycles. The monoisotopic (exact) mass is 242 g/mol. The lowest BCUT2D eigenvalue weighted by Crippen LogP contribution is -2.65. The zero-order valence-electron chi connectivity index (χ0n) is 10.2. The first kappa shape index (κ1) is 12.3. The fraction of sp³-hybridized carbons (Fsp3) is 0.818. The van der Waals surface area contributed by atoms with Crippen molar-refractivity contribution in [1.82, 2.24) is 10.2 Å². The molecule has 2 aliphatic rings. The van der Waals surface area contributed by atoms with Crippen molar-refractivity contribution in [2.24, 2.45) is 0 Å². The summed E-state index contributed by atoms with van der Waals surface area (Å²) in [5, 5.41) is 2.76. The molecule has 0 aromatic heterocycles. The topological polar surface area (TPSA) is 67.9 Å². The molecule has 0 bridgehead atoms. The van der Waals surface area contributed by atoms with Crippen molar-refractivity contribution in [3.8, 4) is 0 Å². The van der Waals surface area contributed by atoms with E-state index in [1.165, 1.54) is 0 Å². The van der Waals surface area contributed by atoms with Crippen LogP contribution in [0.4, 0.5) is 0 Å². The Kier molecular flexibility index (Phi) is 3.35. The van der Waals surface area contributed by atoms with Crippen LogP contribution in [0.25, 0.3) is 0 Å². The molecule has 0 spiro atoms. The van der Waals surface area contributed by atoms with E-state index in [0.29, 0.717) is 26.3 Å². The predicted octanol–water partition coefficient (Wildman–Crippen LogP) is -0.861. The highest BCUT2D eigenvalue weighted by molar-refractivity contribution is 5.93. The Morgan fingerprint density at radius 3 is 2.88 bits per heavy atom. The van der Waals surface area contributed by atoms with Crippen LogP contribution in [0.15, 0.2) is 0 Å². The average molecular weight is 242 g/mol. The summed E-state index contributed by atoms with van der Waals surface area (Å²) < 4.78 is 10.6. The minimum atomic E-state index is -0.823. The summed E-state index contributed by atoms with van der Waals surface area (Å²) in [4.78, 5) is 25.6. The van der Waals surface area contributed by atoms with E-state index in [-0.39, 0.29) is 18.4 Å². The van der Waals surface area contributed by atoms with Gasteiger partial charge in [-0.2, -0.15) is 0 Å². The summed E-state index contributed by atoms with van der Waals surface area (Å²) in [6.07, 6.45) is -0.575. The van der Waals surface area contributed by atoms with E-state index in [1.807, 2.05) is 0 Å². The molecule has 1 atom stereocenters. The van der Waals surface area contributed by atoms with Gasteiger partial charge in [-0.25, -0.2) is 0 Å². The average Bonchev–Trinajstić information content (AvgIpc) is 2.33. The van der Waals surface area contributed by atoms with E-state index in [1.54, 1.807) is 18.7 Å². The van der Waals surface area contributed by atoms with Crippen LogP contribution in [-0.4, -0.2) is 61.3 Å². The third kappa shape index (κ3) is 2.28. The molecule has 2 fully saturated rings. The zero-order chi connectivity index (χ0) is 12.5. The van der Waals surface area contributed by atoms with Crippen LogP contribution in [0.2, 0.25) is 0 Å². The molecule has 0 aromatic rings. The summed E-state index contributed by atoms with van der Waals surface area (Å²) in [6.45, 7) is 5.70. The molecule has 96 valence electrons. The summed E-state index contributed by atoms with van der Waals surface area (Å²) >= 11 is 0. The first-order valence-electron chi connectivity index (χ1n) is 5.82. The van der Waals surface area contributed by atoms with Crippen molar-refractivity contribution in [2.45, 2.75) is 25.5 Å². The van der Waals surface area contributed by atoms with Gasteiger partial charge >= 0.3 is 0 Å². The van der Waals surface area contributed by atoms with Gasteiger partial charge in [0.2, 0.25) is 5.91 Å². The molecule has 0 aromatic carbocycles. The third-order valence-corrected chi connectivity index (χ3v) is 3.21. The number of ether oxygens (including phenoxy) is 2. The molecule has 0 aliphatic carbocycles. The van der Waals surface area contributed by atoms with E-state index < -0.39 is 11.6 Å². The van der Waals surface area contributed by atoms with Gasteiger partial charge in [0.05, 0.1) is 19.8 Å². The van der Waals surface area contributed by atoms with Crippen LogP contribution in [-0.2, 0) is 19.1 Å². The molecular formula is C11H18N2O4. The number of amides is 2. The van der Waals surface area contributed by atoms with E-state index in [2.05, 4.69) is 5.32 Å². The van der Waals surface area contributed by atoms with E-state index in [9.17, 15) is 9.59 Å². The van der Waals surface area contributed by atoms with Crippen molar-refractivity contribution in [2.75, 3.05) is 32.9 Å². The van der Waals surface area contributed by atoms with E-state index >= 15 is 0 Å². The fourth-order valence-electron chi connectivity index (χ4n) is 2.09. The first-order chi connectivity index (χ1) is 8.03. The Morgan fingerprint density at radius 1 is 1.47 bits per heavy atom. The van der Waals surface area contributed by atoms with Crippen LogP contribution in [0, 0.1) is 0 Å². The molecule has 0 radical (unpaired) electrons. The quantitative estimate of drug-likeness (QED) is 0.649. The highest BCUT2D eigenvalue weighted by Crippen LogP contribution is 2.20. The lowest BCUT2D eigenvalue weighted by Gasteiger charge is -2.42. The number of carbonyl (C=O) groups excluding carboxylic acids is 2. The normalized spacial score (nSPS) is 28.7. The first-order valence-corrected chi connectivity index (χ1v) is 5.82. The maximum absolute atomic E-state index is 12.3. The molecule has 2 aliphatic heterocycles. The van der Waals surface area contributed by atoms with Gasteiger partial charge in [-0.15, -0.1) is 0 Å². The molecular weight excluding hydrogens is 224 g/mol. The van der Waals surface area contributed by atoms with Gasteiger partial charge in [0.1, 0.15) is 5.54 Å². The van der Waals surface area contributed by atoms with E-state index in [0.717, 1.165) is 0 Å². The second kappa shape index (κ2) is 4.62. The predicted molar refractivity (Wildman–Crippen MR) is 59.4 cm³/mol. The molecule has 17 heavy (non-hydrogen) atoms. The van der Waals surface area contributed by atoms with Crippen molar-refractivity contribution in [1.29, 1.82) is 0 Å². The van der Waals surface area contributed by atoms with Crippen LogP contribution in [0.1, 0.15) is 13.8 Å². The molecule has 1 unspecified atom stereocenters. The highest BCUT2D eigenvalue weighted by atomic mass is 16.6. The molecule has 2 heterocycles. The van der Waals surface area contributed by atoms with Gasteiger partial charge in [0, 0.05) is 13.1 Å². The number of nitrogens with zero attached hydrogens (tertiary/aromatic N) is 1. The summed E-state index contributed by atoms with van der Waals surface area (Å²) in [5.74, 6) is -0.293. The molecule has 1 N–H and O–H groups in total. The van der Waals surface area contributed by atoms with E-state index in [4.69, 9.17) is 9.47 Å². The maximum Gasteiger partial charge on any atom is 0.255 e. The van der Waals surface area contributed by atoms with Crippen LogP contribution in [0.5, 0.6) is 0 Å². The molecule has 6 heteroatoms. The minimum absolute atomic E-state index is 0.131. The Hall–Kier alpha value is -1.14. The third-order valence-electron chi connectivity index (χ3n) is 3.21. The van der Waals surface area contributed by atoms with Crippen molar-refractivity contribution < 1.29 is 19.1 Å². The maximum atomic E-state index is 12.3. The Morgan fingerprint density at radius 2 is 2.24 bits per heavy atom. The minimum Gasteiger partial charge on any atom is -0.376 e. The summed E-state index contributed by atoms with van der Waals surface area (Å²) in [7, 11) is 0. The molecule has 6 nitrogen and oxygen atoms in total. The van der Waals surface area contributed by atoms with Gasteiger partial charge in [-0.3, -0.25) is 9.59 Å². The largest absolute Gasteiger partial charge is 0.376 e. The Balaban J connectivity index is 2.09. The number of hydrogen-bond donors (Lipinski definition) is 1. The SMILES string of the molecule is CC1(C)C(=O)NCCN1C(=O)C1COCCO1. The fourth-order valence-corrected chi connectivity index (χ4v) is 2.09. The standard InChI is InChI=1S/C11H18N2O4/c1-11(2)10(15)12-3-4-13(11)9(14)8-7-16-5-6-17-8/h8H,3-7H2,1-2H3,(H,12,15). The van der Waals surface area contributed by atoms with Crippen molar-refractivity contribution in [3.05, 3.63) is 0 Å². The zero-order valence-corrected chi connectivity index (χ0v) is 10.2. The Labute approximate surface area is 100 Å². The number of hydrogen-bond acceptors (Lipinski definition) is 4. The Bertz CT molecular complexity index is 323. The van der Waals surface area contributed by atoms with Crippen LogP contribution in [0.3, 0.4) is 0 Å². The van der Waals surface area contributed by atoms with Crippen LogP contribution < -0.4 is 5.32 Å². The molecule has 2 rings (SSSR count). The molecule has 0 saturated carbocycles. The van der Waals surface area contributed by atoms with Crippen molar-refractivity contribution >= 4 is 11.8 Å². The number of piperazine rings is 1. The lowest BCUT2D eigenvalue weighted by molar-refractivity contribution is -0.168.